The van der Waals surface area contributed by atoms with Crippen LogP contribution in [-0.2, 0) is 11.2 Å². The van der Waals surface area contributed by atoms with E-state index < -0.39 is 0 Å². The van der Waals surface area contributed by atoms with E-state index in [9.17, 15) is 4.79 Å². The second-order valence-electron chi connectivity index (χ2n) is 5.61. The van der Waals surface area contributed by atoms with Crippen molar-refractivity contribution in [1.82, 2.24) is 4.98 Å². The van der Waals surface area contributed by atoms with Gasteiger partial charge in [-0.1, -0.05) is 12.1 Å². The predicted octanol–water partition coefficient (Wildman–Crippen LogP) is 3.93. The van der Waals surface area contributed by atoms with Crippen LogP contribution in [0, 0.1) is 20.8 Å². The van der Waals surface area contributed by atoms with Gasteiger partial charge in [-0.05, 0) is 49.6 Å². The zero-order valence-electron chi connectivity index (χ0n) is 12.9. The minimum absolute atomic E-state index is 0.0931. The largest absolute Gasteiger partial charge is 0.464 e. The number of pyridine rings is 1. The van der Waals surface area contributed by atoms with Crippen LogP contribution >= 0.6 is 0 Å². The number of nitrogens with one attached hydrogen (secondary N) is 1. The molecule has 0 radical (unpaired) electrons. The summed E-state index contributed by atoms with van der Waals surface area (Å²) in [4.78, 5) is 16.4. The number of rotatable bonds is 3. The number of anilines is 1. The maximum absolute atomic E-state index is 12.3. The summed E-state index contributed by atoms with van der Waals surface area (Å²) in [5.41, 5.74) is 4.95. The third-order valence-electron chi connectivity index (χ3n) is 3.71. The number of benzene rings is 1. The molecule has 0 saturated carbocycles. The molecular weight excluding hydrogens is 276 g/mol. The first-order chi connectivity index (χ1) is 10.5. The number of aryl methyl sites for hydroxylation is 3. The molecule has 2 heterocycles. The Kier molecular flexibility index (Phi) is 3.67. The molecule has 0 spiro atoms. The monoisotopic (exact) mass is 294 g/mol. The van der Waals surface area contributed by atoms with Crippen molar-refractivity contribution in [1.29, 1.82) is 0 Å². The summed E-state index contributed by atoms with van der Waals surface area (Å²) in [5.74, 6) is 0.511. The van der Waals surface area contributed by atoms with Gasteiger partial charge in [-0.25, -0.2) is 4.98 Å². The number of carbonyl (C=O) groups is 1. The Balaban J connectivity index is 1.84. The molecule has 3 aromatic rings. The van der Waals surface area contributed by atoms with Crippen molar-refractivity contribution in [2.75, 3.05) is 5.32 Å². The number of fused-ring (bicyclic) bond motifs is 1. The molecule has 0 saturated heterocycles. The average molecular weight is 294 g/mol. The van der Waals surface area contributed by atoms with Crippen molar-refractivity contribution in [2.45, 2.75) is 27.2 Å². The minimum Gasteiger partial charge on any atom is -0.464 e. The predicted molar refractivity (Wildman–Crippen MR) is 87.0 cm³/mol. The molecule has 0 fully saturated rings. The van der Waals surface area contributed by atoms with E-state index in [0.717, 1.165) is 33.2 Å². The van der Waals surface area contributed by atoms with E-state index in [1.54, 1.807) is 12.5 Å². The Morgan fingerprint density at radius 2 is 2.05 bits per heavy atom. The molecule has 3 rings (SSSR count). The summed E-state index contributed by atoms with van der Waals surface area (Å²) in [6.07, 6.45) is 3.61. The van der Waals surface area contributed by atoms with Crippen LogP contribution in [0.4, 0.5) is 5.82 Å². The van der Waals surface area contributed by atoms with Crippen molar-refractivity contribution < 1.29 is 9.21 Å². The Bertz CT molecular complexity index is 849. The molecule has 0 aliphatic heterocycles. The van der Waals surface area contributed by atoms with Gasteiger partial charge < -0.3 is 9.73 Å². The molecule has 4 nitrogen and oxygen atoms in total. The highest BCUT2D eigenvalue weighted by Gasteiger charge is 2.13. The molecule has 0 atom stereocenters. The Morgan fingerprint density at radius 1 is 1.23 bits per heavy atom. The van der Waals surface area contributed by atoms with Crippen LogP contribution in [0.2, 0.25) is 0 Å². The summed E-state index contributed by atoms with van der Waals surface area (Å²) in [5, 5.41) is 3.88. The molecule has 0 aliphatic rings. The van der Waals surface area contributed by atoms with Crippen LogP contribution in [0.5, 0.6) is 0 Å². The third-order valence-corrected chi connectivity index (χ3v) is 3.71. The van der Waals surface area contributed by atoms with Gasteiger partial charge in [-0.15, -0.1) is 0 Å². The van der Waals surface area contributed by atoms with E-state index in [0.29, 0.717) is 5.82 Å². The molecule has 1 aromatic carbocycles. The van der Waals surface area contributed by atoms with Gasteiger partial charge in [0.1, 0.15) is 11.4 Å². The van der Waals surface area contributed by atoms with E-state index in [4.69, 9.17) is 4.42 Å². The zero-order chi connectivity index (χ0) is 15.7. The topological polar surface area (TPSA) is 55.1 Å². The number of aromatic nitrogens is 1. The van der Waals surface area contributed by atoms with Crippen LogP contribution < -0.4 is 5.32 Å². The van der Waals surface area contributed by atoms with Gasteiger partial charge >= 0.3 is 0 Å². The number of amides is 1. The van der Waals surface area contributed by atoms with E-state index in [2.05, 4.69) is 16.4 Å². The van der Waals surface area contributed by atoms with Crippen LogP contribution in [-0.4, -0.2) is 10.9 Å². The normalized spacial score (nSPS) is 10.9. The number of furan rings is 1. The lowest BCUT2D eigenvalue weighted by atomic mass is 10.0. The molecule has 0 bridgehead atoms. The molecule has 4 heteroatoms. The van der Waals surface area contributed by atoms with Gasteiger partial charge in [0.25, 0.3) is 0 Å². The van der Waals surface area contributed by atoms with Gasteiger partial charge in [0, 0.05) is 17.1 Å². The van der Waals surface area contributed by atoms with Crippen molar-refractivity contribution in [3.05, 3.63) is 59.0 Å². The molecule has 2 aromatic heterocycles. The average Bonchev–Trinajstić information content (AvgIpc) is 2.84. The lowest BCUT2D eigenvalue weighted by molar-refractivity contribution is -0.115. The van der Waals surface area contributed by atoms with Gasteiger partial charge in [0.05, 0.1) is 12.7 Å². The zero-order valence-corrected chi connectivity index (χ0v) is 12.9. The van der Waals surface area contributed by atoms with E-state index in [1.807, 2.05) is 39.0 Å². The Morgan fingerprint density at radius 3 is 2.82 bits per heavy atom. The summed E-state index contributed by atoms with van der Waals surface area (Å²) >= 11 is 0. The molecule has 0 aliphatic carbocycles. The summed E-state index contributed by atoms with van der Waals surface area (Å²) in [6, 6.07) is 7.86. The lowest BCUT2D eigenvalue weighted by Crippen LogP contribution is -2.16. The standard InChI is InChI=1S/C18H18N2O2/c1-11-7-13(3)17-14(10-22-15(17)8-11)9-16(21)20-18-12(2)5-4-6-19-18/h4-8,10H,9H2,1-3H3,(H,19,20,21). The molecule has 0 unspecified atom stereocenters. The molecular formula is C18H18N2O2. The maximum Gasteiger partial charge on any atom is 0.230 e. The van der Waals surface area contributed by atoms with Crippen LogP contribution in [0.1, 0.15) is 22.3 Å². The van der Waals surface area contributed by atoms with E-state index in [1.165, 1.54) is 0 Å². The first-order valence-electron chi connectivity index (χ1n) is 7.23. The van der Waals surface area contributed by atoms with Gasteiger partial charge in [-0.3, -0.25) is 4.79 Å². The van der Waals surface area contributed by atoms with Crippen LogP contribution in [0.25, 0.3) is 11.0 Å². The Hall–Kier alpha value is -2.62. The number of hydrogen-bond acceptors (Lipinski definition) is 3. The van der Waals surface area contributed by atoms with Crippen molar-refractivity contribution in [3.8, 4) is 0 Å². The highest BCUT2D eigenvalue weighted by molar-refractivity contribution is 5.96. The third kappa shape index (κ3) is 2.72. The smallest absolute Gasteiger partial charge is 0.230 e. The number of hydrogen-bond donors (Lipinski definition) is 1. The van der Waals surface area contributed by atoms with Gasteiger partial charge in [-0.2, -0.15) is 0 Å². The maximum atomic E-state index is 12.3. The van der Waals surface area contributed by atoms with Crippen molar-refractivity contribution in [3.63, 3.8) is 0 Å². The highest BCUT2D eigenvalue weighted by Crippen LogP contribution is 2.26. The van der Waals surface area contributed by atoms with Gasteiger partial charge in [0.2, 0.25) is 5.91 Å². The fourth-order valence-corrected chi connectivity index (χ4v) is 2.72. The van der Waals surface area contributed by atoms with Gasteiger partial charge in [0.15, 0.2) is 0 Å². The lowest BCUT2D eigenvalue weighted by Gasteiger charge is -2.06. The fraction of sp³-hybridized carbons (Fsp3) is 0.222. The summed E-state index contributed by atoms with van der Waals surface area (Å²) in [6.45, 7) is 5.99. The Labute approximate surface area is 129 Å². The first-order valence-corrected chi connectivity index (χ1v) is 7.23. The van der Waals surface area contributed by atoms with Crippen molar-refractivity contribution >= 4 is 22.7 Å². The van der Waals surface area contributed by atoms with Crippen LogP contribution in [0.15, 0.2) is 41.1 Å². The molecule has 1 N–H and O–H groups in total. The summed E-state index contributed by atoms with van der Waals surface area (Å²) < 4.78 is 5.59. The van der Waals surface area contributed by atoms with E-state index >= 15 is 0 Å². The first kappa shape index (κ1) is 14.3. The number of carbonyl (C=O) groups excluding carboxylic acids is 1. The quantitative estimate of drug-likeness (QED) is 0.796. The van der Waals surface area contributed by atoms with Crippen LogP contribution in [0.3, 0.4) is 0 Å². The van der Waals surface area contributed by atoms with E-state index in [-0.39, 0.29) is 12.3 Å². The second kappa shape index (κ2) is 5.64. The summed E-state index contributed by atoms with van der Waals surface area (Å²) in [7, 11) is 0. The fourth-order valence-electron chi connectivity index (χ4n) is 2.72. The van der Waals surface area contributed by atoms with Crippen molar-refractivity contribution in [2.24, 2.45) is 0 Å². The minimum atomic E-state index is -0.0931. The molecule has 1 amide bonds. The highest BCUT2D eigenvalue weighted by atomic mass is 16.3. The number of nitrogens with zero attached hydrogens (tertiary/aromatic N) is 1. The molecule has 22 heavy (non-hydrogen) atoms. The SMILES string of the molecule is Cc1cc(C)c2c(CC(=O)Nc3ncccc3C)coc2c1. The molecule has 112 valence electrons. The second-order valence-corrected chi connectivity index (χ2v) is 5.61.